The fraction of sp³-hybridized carbons (Fsp3) is 0.562. The highest BCUT2D eigenvalue weighted by Crippen LogP contribution is 2.20. The van der Waals surface area contributed by atoms with Crippen LogP contribution in [0.25, 0.3) is 0 Å². The van der Waals surface area contributed by atoms with Crippen LogP contribution in [0.5, 0.6) is 0 Å². The first-order valence-electron chi connectivity index (χ1n) is 6.87. The Kier molecular flexibility index (Phi) is 6.08. The van der Waals surface area contributed by atoms with E-state index < -0.39 is 11.1 Å². The van der Waals surface area contributed by atoms with Gasteiger partial charge in [0.2, 0.25) is 5.91 Å². The van der Waals surface area contributed by atoms with E-state index in [1.165, 1.54) is 5.56 Å². The molecule has 0 atom stereocenters. The highest BCUT2D eigenvalue weighted by Gasteiger charge is 2.36. The SMILES string of the molecule is CC(C)(O)C(C)(C)NC(=O)CSCCc1ccccc1. The lowest BCUT2D eigenvalue weighted by Gasteiger charge is -2.38. The molecule has 0 aromatic heterocycles. The van der Waals surface area contributed by atoms with Crippen LogP contribution in [-0.4, -0.2) is 33.7 Å². The first-order chi connectivity index (χ1) is 9.22. The van der Waals surface area contributed by atoms with Crippen LogP contribution < -0.4 is 5.32 Å². The molecule has 0 saturated heterocycles. The lowest BCUT2D eigenvalue weighted by atomic mass is 9.86. The number of benzene rings is 1. The summed E-state index contributed by atoms with van der Waals surface area (Å²) in [5.41, 5.74) is -0.293. The molecule has 0 heterocycles. The van der Waals surface area contributed by atoms with Crippen LogP contribution in [0.4, 0.5) is 0 Å². The molecule has 3 nitrogen and oxygen atoms in total. The first-order valence-corrected chi connectivity index (χ1v) is 8.03. The Bertz CT molecular complexity index is 424. The van der Waals surface area contributed by atoms with Crippen molar-refractivity contribution in [2.45, 2.75) is 45.3 Å². The molecule has 1 amide bonds. The number of amides is 1. The minimum Gasteiger partial charge on any atom is -0.388 e. The molecule has 0 aliphatic carbocycles. The van der Waals surface area contributed by atoms with Gasteiger partial charge in [-0.1, -0.05) is 30.3 Å². The van der Waals surface area contributed by atoms with Crippen LogP contribution in [0.15, 0.2) is 30.3 Å². The minimum atomic E-state index is -0.947. The summed E-state index contributed by atoms with van der Waals surface area (Å²) < 4.78 is 0. The number of hydrogen-bond donors (Lipinski definition) is 2. The van der Waals surface area contributed by atoms with E-state index in [4.69, 9.17) is 0 Å². The van der Waals surface area contributed by atoms with Gasteiger partial charge >= 0.3 is 0 Å². The van der Waals surface area contributed by atoms with Gasteiger partial charge in [0.25, 0.3) is 0 Å². The highest BCUT2D eigenvalue weighted by atomic mass is 32.2. The van der Waals surface area contributed by atoms with Gasteiger partial charge in [0.05, 0.1) is 16.9 Å². The number of aliphatic hydroxyl groups is 1. The van der Waals surface area contributed by atoms with Crippen LogP contribution in [-0.2, 0) is 11.2 Å². The van der Waals surface area contributed by atoms with Gasteiger partial charge in [-0.15, -0.1) is 0 Å². The number of carbonyl (C=O) groups excluding carboxylic acids is 1. The molecule has 0 radical (unpaired) electrons. The van der Waals surface area contributed by atoms with Gasteiger partial charge < -0.3 is 10.4 Å². The van der Waals surface area contributed by atoms with Gasteiger partial charge in [-0.25, -0.2) is 0 Å². The molecule has 0 aliphatic rings. The zero-order chi connectivity index (χ0) is 15.2. The molecule has 2 N–H and O–H groups in total. The van der Waals surface area contributed by atoms with E-state index in [-0.39, 0.29) is 5.91 Å². The van der Waals surface area contributed by atoms with Crippen LogP contribution in [0.3, 0.4) is 0 Å². The van der Waals surface area contributed by atoms with Crippen molar-refractivity contribution in [3.8, 4) is 0 Å². The smallest absolute Gasteiger partial charge is 0.230 e. The van der Waals surface area contributed by atoms with Gasteiger partial charge in [0, 0.05) is 0 Å². The van der Waals surface area contributed by atoms with Crippen LogP contribution in [0, 0.1) is 0 Å². The summed E-state index contributed by atoms with van der Waals surface area (Å²) >= 11 is 1.61. The maximum atomic E-state index is 11.9. The third-order valence-corrected chi connectivity index (χ3v) is 4.55. The normalized spacial score (nSPS) is 12.2. The summed E-state index contributed by atoms with van der Waals surface area (Å²) in [5.74, 6) is 1.31. The van der Waals surface area contributed by atoms with Crippen molar-refractivity contribution in [3.05, 3.63) is 35.9 Å². The molecule has 1 aromatic rings. The molecule has 0 aliphatic heterocycles. The fourth-order valence-electron chi connectivity index (χ4n) is 1.54. The van der Waals surface area contributed by atoms with E-state index in [0.717, 1.165) is 12.2 Å². The zero-order valence-electron chi connectivity index (χ0n) is 12.8. The molecule has 0 fully saturated rings. The lowest BCUT2D eigenvalue weighted by Crippen LogP contribution is -2.58. The fourth-order valence-corrected chi connectivity index (χ4v) is 2.32. The zero-order valence-corrected chi connectivity index (χ0v) is 13.6. The quantitative estimate of drug-likeness (QED) is 0.760. The Morgan fingerprint density at radius 1 is 1.20 bits per heavy atom. The summed E-state index contributed by atoms with van der Waals surface area (Å²) in [6, 6.07) is 10.2. The van der Waals surface area contributed by atoms with E-state index in [2.05, 4.69) is 17.4 Å². The first kappa shape index (κ1) is 17.1. The van der Waals surface area contributed by atoms with E-state index >= 15 is 0 Å². The van der Waals surface area contributed by atoms with Crippen molar-refractivity contribution in [1.29, 1.82) is 0 Å². The number of aryl methyl sites for hydroxylation is 1. The summed E-state index contributed by atoms with van der Waals surface area (Å²) in [4.78, 5) is 11.9. The number of hydrogen-bond acceptors (Lipinski definition) is 3. The average molecular weight is 295 g/mol. The molecule has 4 heteroatoms. The Labute approximate surface area is 126 Å². The molecular formula is C16H25NO2S. The average Bonchev–Trinajstić information content (AvgIpc) is 2.34. The lowest BCUT2D eigenvalue weighted by molar-refractivity contribution is -0.123. The van der Waals surface area contributed by atoms with Crippen molar-refractivity contribution < 1.29 is 9.90 Å². The van der Waals surface area contributed by atoms with Gasteiger partial charge in [-0.3, -0.25) is 4.79 Å². The molecule has 112 valence electrons. The topological polar surface area (TPSA) is 49.3 Å². The Balaban J connectivity index is 2.27. The second kappa shape index (κ2) is 7.14. The van der Waals surface area contributed by atoms with Crippen molar-refractivity contribution in [3.63, 3.8) is 0 Å². The number of carbonyl (C=O) groups is 1. The van der Waals surface area contributed by atoms with Gasteiger partial charge in [-0.05, 0) is 45.4 Å². The summed E-state index contributed by atoms with van der Waals surface area (Å²) in [5, 5.41) is 12.9. The Hall–Kier alpha value is -1.00. The molecule has 1 rings (SSSR count). The van der Waals surface area contributed by atoms with Crippen LogP contribution in [0.2, 0.25) is 0 Å². The molecular weight excluding hydrogens is 270 g/mol. The van der Waals surface area contributed by atoms with E-state index in [9.17, 15) is 9.90 Å². The van der Waals surface area contributed by atoms with Crippen molar-refractivity contribution in [2.75, 3.05) is 11.5 Å². The van der Waals surface area contributed by atoms with Gasteiger partial charge in [-0.2, -0.15) is 11.8 Å². The van der Waals surface area contributed by atoms with Crippen LogP contribution in [0.1, 0.15) is 33.3 Å². The van der Waals surface area contributed by atoms with Crippen molar-refractivity contribution in [2.24, 2.45) is 0 Å². The minimum absolute atomic E-state index is 0.0322. The van der Waals surface area contributed by atoms with Crippen molar-refractivity contribution in [1.82, 2.24) is 5.32 Å². The van der Waals surface area contributed by atoms with Crippen LogP contribution >= 0.6 is 11.8 Å². The molecule has 0 unspecified atom stereocenters. The third-order valence-electron chi connectivity index (χ3n) is 3.59. The molecule has 0 bridgehead atoms. The van der Waals surface area contributed by atoms with E-state index in [0.29, 0.717) is 5.75 Å². The van der Waals surface area contributed by atoms with E-state index in [1.54, 1.807) is 25.6 Å². The van der Waals surface area contributed by atoms with Crippen molar-refractivity contribution >= 4 is 17.7 Å². The highest BCUT2D eigenvalue weighted by molar-refractivity contribution is 7.99. The maximum Gasteiger partial charge on any atom is 0.230 e. The Morgan fingerprint density at radius 2 is 1.80 bits per heavy atom. The monoisotopic (exact) mass is 295 g/mol. The standard InChI is InChI=1S/C16H25NO2S/c1-15(2,16(3,4)19)17-14(18)12-20-11-10-13-8-6-5-7-9-13/h5-9,19H,10-12H2,1-4H3,(H,17,18). The summed E-state index contributed by atoms with van der Waals surface area (Å²) in [7, 11) is 0. The Morgan fingerprint density at radius 3 is 2.35 bits per heavy atom. The third kappa shape index (κ3) is 5.55. The van der Waals surface area contributed by atoms with E-state index in [1.807, 2.05) is 32.0 Å². The van der Waals surface area contributed by atoms with Gasteiger partial charge in [0.15, 0.2) is 0 Å². The maximum absolute atomic E-state index is 11.9. The second-order valence-corrected chi connectivity index (χ2v) is 7.13. The summed E-state index contributed by atoms with van der Waals surface area (Å²) in [6.07, 6.45) is 0.966. The van der Waals surface area contributed by atoms with Gasteiger partial charge in [0.1, 0.15) is 0 Å². The largest absolute Gasteiger partial charge is 0.388 e. The summed E-state index contributed by atoms with van der Waals surface area (Å²) in [6.45, 7) is 7.07. The predicted octanol–water partition coefficient (Wildman–Crippen LogP) is 2.63. The number of thioether (sulfide) groups is 1. The molecule has 20 heavy (non-hydrogen) atoms. The molecule has 0 spiro atoms. The predicted molar refractivity (Wildman–Crippen MR) is 86.0 cm³/mol. The molecule has 1 aromatic carbocycles. The second-order valence-electron chi connectivity index (χ2n) is 6.02. The number of rotatable bonds is 7. The molecule has 0 saturated carbocycles. The number of nitrogens with one attached hydrogen (secondary N) is 1.